The summed E-state index contributed by atoms with van der Waals surface area (Å²) in [4.78, 5) is 71.1. The van der Waals surface area contributed by atoms with Crippen LogP contribution < -0.4 is 26.0 Å². The summed E-state index contributed by atoms with van der Waals surface area (Å²) in [7, 11) is 1.88. The van der Waals surface area contributed by atoms with Crippen molar-refractivity contribution in [3.8, 4) is 17.3 Å². The molecule has 3 aromatic carbocycles. The average Bonchev–Trinajstić information content (AvgIpc) is 3.73. The summed E-state index contributed by atoms with van der Waals surface area (Å²) in [5.41, 5.74) is 5.15. The molecule has 366 valence electrons. The topological polar surface area (TPSA) is 230 Å². The van der Waals surface area contributed by atoms with Crippen LogP contribution in [-0.2, 0) is 60.1 Å². The first-order valence-corrected chi connectivity index (χ1v) is 23.3. The summed E-state index contributed by atoms with van der Waals surface area (Å²) in [5.74, 6) is 0.949. The normalized spacial score (nSPS) is 13.4. The van der Waals surface area contributed by atoms with Crippen molar-refractivity contribution in [3.63, 3.8) is 0 Å². The smallest absolute Gasteiger partial charge is 0.251 e. The predicted octanol–water partition coefficient (Wildman–Crippen LogP) is 5.29. The van der Waals surface area contributed by atoms with E-state index in [0.29, 0.717) is 94.9 Å². The number of ether oxygens (including phenoxy) is 4. The molecular weight excluding hydrogens is 885 g/mol. The van der Waals surface area contributed by atoms with Crippen molar-refractivity contribution in [2.24, 2.45) is 7.05 Å². The number of imide groups is 1. The van der Waals surface area contributed by atoms with Gasteiger partial charge in [-0.05, 0) is 98.2 Å². The van der Waals surface area contributed by atoms with Crippen molar-refractivity contribution in [3.05, 3.63) is 113 Å². The van der Waals surface area contributed by atoms with Crippen LogP contribution in [0, 0.1) is 6.92 Å². The van der Waals surface area contributed by atoms with Gasteiger partial charge in [0.05, 0.1) is 39.6 Å². The van der Waals surface area contributed by atoms with Crippen molar-refractivity contribution in [2.75, 3.05) is 56.9 Å². The van der Waals surface area contributed by atoms with Crippen LogP contribution >= 0.6 is 0 Å². The van der Waals surface area contributed by atoms with Gasteiger partial charge in [0.15, 0.2) is 11.6 Å². The summed E-state index contributed by atoms with van der Waals surface area (Å²) in [5, 5.41) is 20.1. The Labute approximate surface area is 402 Å². The molecular formula is C50H62N10O9. The number of benzene rings is 3. The highest BCUT2D eigenvalue weighted by molar-refractivity contribution is 6.01. The van der Waals surface area contributed by atoms with Crippen LogP contribution in [0.1, 0.15) is 84.2 Å². The molecule has 1 atom stereocenters. The Morgan fingerprint density at radius 3 is 2.33 bits per heavy atom. The van der Waals surface area contributed by atoms with Gasteiger partial charge in [0.1, 0.15) is 23.8 Å². The lowest BCUT2D eigenvalue weighted by Crippen LogP contribution is -2.51. The van der Waals surface area contributed by atoms with Gasteiger partial charge < -0.3 is 44.4 Å². The van der Waals surface area contributed by atoms with E-state index < -0.39 is 11.9 Å². The minimum Gasteiger partial charge on any atom is -0.494 e. The van der Waals surface area contributed by atoms with E-state index in [9.17, 15) is 24.0 Å². The van der Waals surface area contributed by atoms with E-state index in [4.69, 9.17) is 18.9 Å². The van der Waals surface area contributed by atoms with Crippen LogP contribution in [0.4, 0.5) is 11.4 Å². The van der Waals surface area contributed by atoms with E-state index >= 15 is 0 Å². The number of unbranched alkanes of at least 4 members (excludes halogenated alkanes) is 3. The number of piperidine rings is 1. The number of aromatic nitrogens is 5. The van der Waals surface area contributed by atoms with Gasteiger partial charge in [-0.1, -0.05) is 36.8 Å². The lowest BCUT2D eigenvalue weighted by molar-refractivity contribution is -0.141. The van der Waals surface area contributed by atoms with Crippen LogP contribution in [-0.4, -0.2) is 112 Å². The Kier molecular flexibility index (Phi) is 20.6. The second kappa shape index (κ2) is 27.7. The fourth-order valence-corrected chi connectivity index (χ4v) is 7.47. The molecule has 0 radical (unpaired) electrons. The van der Waals surface area contributed by atoms with Gasteiger partial charge in [-0.15, -0.1) is 10.2 Å². The molecule has 1 aliphatic rings. The molecule has 4 N–H and O–H groups in total. The average molecular weight is 947 g/mol. The molecule has 1 saturated heterocycles. The van der Waals surface area contributed by atoms with Crippen molar-refractivity contribution >= 4 is 41.4 Å². The maximum absolute atomic E-state index is 13.0. The van der Waals surface area contributed by atoms with Crippen molar-refractivity contribution in [1.29, 1.82) is 0 Å². The zero-order chi connectivity index (χ0) is 48.6. The minimum atomic E-state index is -0.750. The SMILES string of the molecule is Cc1cccc(NC(=O)CCCOCCOCCOCCCCCCOc2ccc(CNC(=O)c3cccc(NCc4nnc(-c5ccncn5)n4C)c3)cc2)c1CN(C=O)C1CCC(=O)NC1=O. The van der Waals surface area contributed by atoms with Crippen molar-refractivity contribution in [1.82, 2.24) is 40.3 Å². The molecule has 69 heavy (non-hydrogen) atoms. The quantitative estimate of drug-likeness (QED) is 0.0261. The lowest BCUT2D eigenvalue weighted by atomic mass is 10.0. The number of hydrogen-bond acceptors (Lipinski definition) is 14. The number of nitrogens with one attached hydrogen (secondary N) is 4. The number of anilines is 2. The first kappa shape index (κ1) is 51.3. The van der Waals surface area contributed by atoms with Gasteiger partial charge in [-0.25, -0.2) is 9.97 Å². The van der Waals surface area contributed by atoms with E-state index in [-0.39, 0.29) is 43.5 Å². The number of carbonyl (C=O) groups is 5. The Balaban J connectivity index is 0.731. The predicted molar refractivity (Wildman–Crippen MR) is 257 cm³/mol. The molecule has 2 aromatic heterocycles. The van der Waals surface area contributed by atoms with E-state index in [1.807, 2.05) is 73.1 Å². The molecule has 19 heteroatoms. The van der Waals surface area contributed by atoms with Crippen LogP contribution in [0.15, 0.2) is 85.3 Å². The highest BCUT2D eigenvalue weighted by atomic mass is 16.5. The Morgan fingerprint density at radius 1 is 0.855 bits per heavy atom. The van der Waals surface area contributed by atoms with Crippen LogP contribution in [0.25, 0.3) is 11.5 Å². The first-order chi connectivity index (χ1) is 33.7. The molecule has 1 aliphatic heterocycles. The highest BCUT2D eigenvalue weighted by Gasteiger charge is 2.31. The van der Waals surface area contributed by atoms with Gasteiger partial charge in [0.25, 0.3) is 5.91 Å². The Morgan fingerprint density at radius 2 is 1.59 bits per heavy atom. The zero-order valence-corrected chi connectivity index (χ0v) is 39.3. The Hall–Kier alpha value is -7.09. The van der Waals surface area contributed by atoms with E-state index in [1.165, 1.54) is 11.2 Å². The minimum absolute atomic E-state index is 0.120. The van der Waals surface area contributed by atoms with Crippen LogP contribution in [0.5, 0.6) is 5.75 Å². The molecule has 1 fully saturated rings. The third-order valence-corrected chi connectivity index (χ3v) is 11.4. The molecule has 0 bridgehead atoms. The zero-order valence-electron chi connectivity index (χ0n) is 39.3. The monoisotopic (exact) mass is 946 g/mol. The van der Waals surface area contributed by atoms with Crippen LogP contribution in [0.3, 0.4) is 0 Å². The summed E-state index contributed by atoms with van der Waals surface area (Å²) < 4.78 is 24.7. The van der Waals surface area contributed by atoms with Crippen molar-refractivity contribution < 1.29 is 42.9 Å². The third-order valence-electron chi connectivity index (χ3n) is 11.4. The number of rotatable bonds is 30. The molecule has 0 saturated carbocycles. The van der Waals surface area contributed by atoms with Crippen molar-refractivity contribution in [2.45, 2.75) is 84.0 Å². The third kappa shape index (κ3) is 16.6. The maximum Gasteiger partial charge on any atom is 0.251 e. The van der Waals surface area contributed by atoms with Gasteiger partial charge in [-0.2, -0.15) is 0 Å². The number of nitrogens with zero attached hydrogens (tertiary/aromatic N) is 6. The number of aryl methyl sites for hydroxylation is 1. The largest absolute Gasteiger partial charge is 0.494 e. The summed E-state index contributed by atoms with van der Waals surface area (Å²) in [6.45, 7) is 6.31. The van der Waals surface area contributed by atoms with E-state index in [0.717, 1.165) is 59.6 Å². The van der Waals surface area contributed by atoms with Gasteiger partial charge >= 0.3 is 0 Å². The summed E-state index contributed by atoms with van der Waals surface area (Å²) in [6.07, 6.45) is 8.89. The number of amides is 5. The van der Waals surface area contributed by atoms with Crippen LogP contribution in [0.2, 0.25) is 0 Å². The molecule has 5 amide bonds. The standard InChI is InChI=1S/C50H62N10O9/c1-36-10-7-13-42(41(36)33-60(35-61)44-19-20-47(63)56-50(44)65)55-46(62)14-9-24-67-27-29-68-28-26-66-23-5-3-4-6-25-69-40-17-15-37(16-18-40)31-53-49(64)38-11-8-12-39(30-38)52-32-45-57-58-48(59(45)2)43-21-22-51-34-54-43/h7-8,10-13,15-18,21-22,30,34-35,44,52H,3-6,9,14,19-20,23-29,31-33H2,1-2H3,(H,53,64)(H,55,62)(H,56,63,65). The first-order valence-electron chi connectivity index (χ1n) is 23.3. The molecule has 5 aromatic rings. The van der Waals surface area contributed by atoms with Gasteiger partial charge in [0.2, 0.25) is 24.1 Å². The van der Waals surface area contributed by atoms with E-state index in [1.54, 1.807) is 24.4 Å². The Bertz CT molecular complexity index is 2430. The number of hydrogen-bond donors (Lipinski definition) is 4. The van der Waals surface area contributed by atoms with Gasteiger partial charge in [0, 0.05) is 69.3 Å². The lowest BCUT2D eigenvalue weighted by Gasteiger charge is -2.31. The molecule has 0 spiro atoms. The fraction of sp³-hybridized carbons (Fsp3) is 0.420. The molecule has 0 aliphatic carbocycles. The molecule has 1 unspecified atom stereocenters. The summed E-state index contributed by atoms with van der Waals surface area (Å²) in [6, 6.07) is 21.6. The highest BCUT2D eigenvalue weighted by Crippen LogP contribution is 2.24. The molecule has 19 nitrogen and oxygen atoms in total. The van der Waals surface area contributed by atoms with Gasteiger partial charge in [-0.3, -0.25) is 29.3 Å². The summed E-state index contributed by atoms with van der Waals surface area (Å²) >= 11 is 0. The second-order valence-electron chi connectivity index (χ2n) is 16.5. The molecule has 3 heterocycles. The maximum atomic E-state index is 13.0. The number of carbonyl (C=O) groups excluding carboxylic acids is 5. The second-order valence-corrected chi connectivity index (χ2v) is 16.5. The van der Waals surface area contributed by atoms with E-state index in [2.05, 4.69) is 41.4 Å². The molecule has 6 rings (SSSR count). The fourth-order valence-electron chi connectivity index (χ4n) is 7.47.